The molecule has 0 radical (unpaired) electrons. The average Bonchev–Trinajstić information content (AvgIpc) is 3.77. The molecule has 0 saturated heterocycles. The lowest BCUT2D eigenvalue weighted by atomic mass is 9.88. The average molecular weight is 867 g/mol. The van der Waals surface area contributed by atoms with Crippen LogP contribution < -0.4 is 4.90 Å². The van der Waals surface area contributed by atoms with Gasteiger partial charge in [0.25, 0.3) is 0 Å². The van der Waals surface area contributed by atoms with Crippen molar-refractivity contribution in [2.24, 2.45) is 0 Å². The molecular formula is C66H46N2. The number of nitrogens with zero attached hydrogens (tertiary/aromatic N) is 2. The van der Waals surface area contributed by atoms with E-state index in [1.165, 1.54) is 71.9 Å². The van der Waals surface area contributed by atoms with E-state index in [2.05, 4.69) is 289 Å². The highest BCUT2D eigenvalue weighted by molar-refractivity contribution is 6.14. The molecular weight excluding hydrogens is 821 g/mol. The number of hydrogen-bond acceptors (Lipinski definition) is 1. The van der Waals surface area contributed by atoms with Gasteiger partial charge in [0.15, 0.2) is 0 Å². The van der Waals surface area contributed by atoms with Crippen LogP contribution in [0.5, 0.6) is 0 Å². The van der Waals surface area contributed by atoms with Crippen molar-refractivity contribution in [3.63, 3.8) is 0 Å². The third-order valence-corrected chi connectivity index (χ3v) is 13.2. The molecule has 0 bridgehead atoms. The quantitative estimate of drug-likeness (QED) is 0.133. The van der Waals surface area contributed by atoms with Gasteiger partial charge in [0.05, 0.1) is 16.7 Å². The lowest BCUT2D eigenvalue weighted by Gasteiger charge is -2.29. The summed E-state index contributed by atoms with van der Waals surface area (Å²) in [5.74, 6) is 0. The van der Waals surface area contributed by atoms with Crippen molar-refractivity contribution >= 4 is 38.9 Å². The highest BCUT2D eigenvalue weighted by Crippen LogP contribution is 2.47. The fraction of sp³-hybridized carbons (Fsp3) is 0. The molecule has 11 aromatic carbocycles. The van der Waals surface area contributed by atoms with Crippen LogP contribution in [-0.4, -0.2) is 4.57 Å². The van der Waals surface area contributed by atoms with Crippen LogP contribution in [0.1, 0.15) is 0 Å². The Labute approximate surface area is 397 Å². The highest BCUT2D eigenvalue weighted by Gasteiger charge is 2.22. The Morgan fingerprint density at radius 2 is 0.676 bits per heavy atom. The minimum atomic E-state index is 1.06. The minimum Gasteiger partial charge on any atom is -0.310 e. The highest BCUT2D eigenvalue weighted by atomic mass is 15.1. The van der Waals surface area contributed by atoms with Crippen molar-refractivity contribution in [3.8, 4) is 72.4 Å². The first-order valence-electron chi connectivity index (χ1n) is 23.3. The first kappa shape index (κ1) is 40.5. The maximum Gasteiger partial charge on any atom is 0.0619 e. The van der Waals surface area contributed by atoms with Gasteiger partial charge in [0.2, 0.25) is 0 Å². The number of para-hydroxylation sites is 4. The number of anilines is 3. The summed E-state index contributed by atoms with van der Waals surface area (Å²) in [6.07, 6.45) is 0. The summed E-state index contributed by atoms with van der Waals surface area (Å²) >= 11 is 0. The summed E-state index contributed by atoms with van der Waals surface area (Å²) < 4.78 is 2.43. The van der Waals surface area contributed by atoms with Gasteiger partial charge in [-0.05, 0) is 104 Å². The number of benzene rings is 11. The largest absolute Gasteiger partial charge is 0.310 e. The maximum atomic E-state index is 2.44. The zero-order chi connectivity index (χ0) is 45.2. The number of rotatable bonds is 10. The zero-order valence-electron chi connectivity index (χ0n) is 37.5. The molecule has 2 heteroatoms. The molecule has 0 spiro atoms. The Balaban J connectivity index is 1.06. The second-order valence-electron chi connectivity index (χ2n) is 17.2. The molecule has 1 heterocycles. The fourth-order valence-electron chi connectivity index (χ4n) is 10.2. The third-order valence-electron chi connectivity index (χ3n) is 13.2. The predicted molar refractivity (Wildman–Crippen MR) is 288 cm³/mol. The summed E-state index contributed by atoms with van der Waals surface area (Å²) in [5, 5.41) is 2.47. The summed E-state index contributed by atoms with van der Waals surface area (Å²) in [5.41, 5.74) is 20.9. The molecule has 0 aliphatic heterocycles. The van der Waals surface area contributed by atoms with E-state index in [-0.39, 0.29) is 0 Å². The van der Waals surface area contributed by atoms with Gasteiger partial charge in [0, 0.05) is 39.0 Å². The van der Waals surface area contributed by atoms with Crippen LogP contribution >= 0.6 is 0 Å². The molecule has 2 nitrogen and oxygen atoms in total. The predicted octanol–water partition coefficient (Wildman–Crippen LogP) is 18.3. The first-order chi connectivity index (χ1) is 33.8. The molecule has 1 aromatic heterocycles. The second-order valence-corrected chi connectivity index (χ2v) is 17.2. The minimum absolute atomic E-state index is 1.06. The lowest BCUT2D eigenvalue weighted by Crippen LogP contribution is -2.11. The normalized spacial score (nSPS) is 11.2. The van der Waals surface area contributed by atoms with Crippen molar-refractivity contribution < 1.29 is 0 Å². The molecule has 0 aliphatic carbocycles. The van der Waals surface area contributed by atoms with Crippen LogP contribution in [0.3, 0.4) is 0 Å². The van der Waals surface area contributed by atoms with Crippen LogP contribution in [0.15, 0.2) is 279 Å². The van der Waals surface area contributed by atoms with E-state index < -0.39 is 0 Å². The van der Waals surface area contributed by atoms with Gasteiger partial charge in [0.1, 0.15) is 0 Å². The van der Waals surface area contributed by atoms with Crippen LogP contribution in [0.25, 0.3) is 94.3 Å². The molecule has 0 saturated carbocycles. The molecule has 12 aromatic rings. The Kier molecular flexibility index (Phi) is 10.6. The summed E-state index contributed by atoms with van der Waals surface area (Å²) in [6, 6.07) is 101. The van der Waals surface area contributed by atoms with E-state index in [9.17, 15) is 0 Å². The van der Waals surface area contributed by atoms with Crippen molar-refractivity contribution in [1.29, 1.82) is 0 Å². The molecule has 0 fully saturated rings. The Bertz CT molecular complexity index is 3720. The van der Waals surface area contributed by atoms with E-state index >= 15 is 0 Å². The van der Waals surface area contributed by atoms with Crippen molar-refractivity contribution in [2.75, 3.05) is 4.90 Å². The molecule has 68 heavy (non-hydrogen) atoms. The SMILES string of the molecule is c1ccc(-c2ccccc2-c2ccc(N(c3cccc(-c4cccc5c6ccccc6n(-c6ccccc6)c45)c3)c3ccccc3-c3ccccc3-c3ccccc3-c3ccccc3)cc2)cc1. The molecule has 0 atom stereocenters. The van der Waals surface area contributed by atoms with Gasteiger partial charge in [-0.15, -0.1) is 0 Å². The monoisotopic (exact) mass is 866 g/mol. The molecule has 12 rings (SSSR count). The standard InChI is InChI=1S/C66H46N2/c1-4-22-47(23-5-1)54-30-10-11-31-55(54)49-42-44-52(45-43-49)67(64-40-18-16-36-61(64)60-35-15-14-34-59(60)58-33-13-12-32-56(58)48-24-6-2-7-25-48)53-29-20-26-50(46-53)57-38-21-39-63-62-37-17-19-41-65(62)68(66(57)63)51-27-8-3-9-28-51/h1-46H. The lowest BCUT2D eigenvalue weighted by molar-refractivity contribution is 1.18. The summed E-state index contributed by atoms with van der Waals surface area (Å²) in [6.45, 7) is 0. The van der Waals surface area contributed by atoms with Crippen molar-refractivity contribution in [1.82, 2.24) is 4.57 Å². The van der Waals surface area contributed by atoms with Crippen molar-refractivity contribution in [2.45, 2.75) is 0 Å². The van der Waals surface area contributed by atoms with E-state index in [1.54, 1.807) is 0 Å². The van der Waals surface area contributed by atoms with E-state index in [1.807, 2.05) is 0 Å². The van der Waals surface area contributed by atoms with Gasteiger partial charge < -0.3 is 9.47 Å². The molecule has 320 valence electrons. The molecule has 0 N–H and O–H groups in total. The topological polar surface area (TPSA) is 8.17 Å². The molecule has 0 aliphatic rings. The van der Waals surface area contributed by atoms with Crippen molar-refractivity contribution in [3.05, 3.63) is 279 Å². The number of aromatic nitrogens is 1. The third kappa shape index (κ3) is 7.35. The smallest absolute Gasteiger partial charge is 0.0619 e. The number of hydrogen-bond donors (Lipinski definition) is 0. The van der Waals surface area contributed by atoms with Gasteiger partial charge >= 0.3 is 0 Å². The fourth-order valence-corrected chi connectivity index (χ4v) is 10.2. The second kappa shape index (κ2) is 17.8. The summed E-state index contributed by atoms with van der Waals surface area (Å²) in [4.78, 5) is 2.44. The summed E-state index contributed by atoms with van der Waals surface area (Å²) in [7, 11) is 0. The zero-order valence-corrected chi connectivity index (χ0v) is 37.5. The Morgan fingerprint density at radius 3 is 1.32 bits per heavy atom. The van der Waals surface area contributed by atoms with Crippen LogP contribution in [0.4, 0.5) is 17.1 Å². The van der Waals surface area contributed by atoms with Gasteiger partial charge in [-0.25, -0.2) is 0 Å². The van der Waals surface area contributed by atoms with Crippen LogP contribution in [0.2, 0.25) is 0 Å². The van der Waals surface area contributed by atoms with Gasteiger partial charge in [-0.2, -0.15) is 0 Å². The maximum absolute atomic E-state index is 2.44. The van der Waals surface area contributed by atoms with Gasteiger partial charge in [-0.1, -0.05) is 231 Å². The van der Waals surface area contributed by atoms with E-state index in [4.69, 9.17) is 0 Å². The van der Waals surface area contributed by atoms with Gasteiger partial charge in [-0.3, -0.25) is 0 Å². The molecule has 0 amide bonds. The number of fused-ring (bicyclic) bond motifs is 3. The Hall–Kier alpha value is -8.98. The van der Waals surface area contributed by atoms with Crippen LogP contribution in [0, 0.1) is 0 Å². The first-order valence-corrected chi connectivity index (χ1v) is 23.3. The van der Waals surface area contributed by atoms with E-state index in [0.29, 0.717) is 0 Å². The van der Waals surface area contributed by atoms with Crippen LogP contribution in [-0.2, 0) is 0 Å². The van der Waals surface area contributed by atoms with E-state index in [0.717, 1.165) is 39.4 Å². The molecule has 0 unspecified atom stereocenters. The Morgan fingerprint density at radius 1 is 0.250 bits per heavy atom.